The van der Waals surface area contributed by atoms with Crippen LogP contribution >= 0.6 is 12.1 Å². The molecule has 0 aliphatic heterocycles. The lowest BCUT2D eigenvalue weighted by Crippen LogP contribution is -2.31. The molecule has 1 fully saturated rings. The van der Waals surface area contributed by atoms with Crippen LogP contribution in [0.4, 0.5) is 21.6 Å². The maximum absolute atomic E-state index is 14.8. The molecule has 204 valence electrons. The molecule has 4 N–H and O–H groups in total. The summed E-state index contributed by atoms with van der Waals surface area (Å²) in [5, 5.41) is 5.96. The highest BCUT2D eigenvalue weighted by molar-refractivity contribution is 7.98. The number of aromatic nitrogens is 1. The van der Waals surface area contributed by atoms with Gasteiger partial charge in [0.15, 0.2) is 5.75 Å². The number of nitrogens with zero attached hydrogens (tertiary/aromatic N) is 1. The quantitative estimate of drug-likeness (QED) is 0.243. The SMILES string of the molecule is CC.CNSNc1cccc(Oc2c(C(=O)NC3CC3)c(Nc3ccc(C)cc3F)n(C)c(=O)c2C)c1C. The highest BCUT2D eigenvalue weighted by Gasteiger charge is 2.31. The van der Waals surface area contributed by atoms with E-state index in [1.807, 2.05) is 32.9 Å². The second-order valence-corrected chi connectivity index (χ2v) is 9.65. The number of pyridine rings is 1. The molecule has 0 spiro atoms. The Balaban J connectivity index is 0.00000195. The third-order valence-electron chi connectivity index (χ3n) is 6.04. The van der Waals surface area contributed by atoms with Crippen LogP contribution in [0.2, 0.25) is 0 Å². The predicted molar refractivity (Wildman–Crippen MR) is 154 cm³/mol. The third kappa shape index (κ3) is 6.49. The zero-order chi connectivity index (χ0) is 28.0. The monoisotopic (exact) mass is 541 g/mol. The number of hydrogen-bond acceptors (Lipinski definition) is 7. The van der Waals surface area contributed by atoms with Gasteiger partial charge in [0, 0.05) is 30.8 Å². The minimum Gasteiger partial charge on any atom is -0.456 e. The fraction of sp³-hybridized carbons (Fsp3) is 0.357. The summed E-state index contributed by atoms with van der Waals surface area (Å²) in [5.74, 6) is -0.109. The number of amides is 1. The summed E-state index contributed by atoms with van der Waals surface area (Å²) in [7, 11) is 3.35. The third-order valence-corrected chi connectivity index (χ3v) is 6.57. The molecular formula is C28H36FN5O3S. The van der Waals surface area contributed by atoms with Crippen molar-refractivity contribution in [1.82, 2.24) is 14.6 Å². The Kier molecular flexibility index (Phi) is 9.82. The van der Waals surface area contributed by atoms with Crippen LogP contribution in [0.1, 0.15) is 53.7 Å². The number of carbonyl (C=O) groups is 1. The molecule has 0 atom stereocenters. The molecule has 1 aromatic heterocycles. The van der Waals surface area contributed by atoms with E-state index in [1.165, 1.54) is 22.8 Å². The van der Waals surface area contributed by atoms with Gasteiger partial charge < -0.3 is 20.1 Å². The van der Waals surface area contributed by atoms with Crippen molar-refractivity contribution in [3.05, 3.63) is 74.8 Å². The van der Waals surface area contributed by atoms with Crippen LogP contribution in [-0.2, 0) is 7.05 Å². The Morgan fingerprint density at radius 3 is 2.42 bits per heavy atom. The highest BCUT2D eigenvalue weighted by Crippen LogP contribution is 2.37. The Morgan fingerprint density at radius 1 is 1.08 bits per heavy atom. The van der Waals surface area contributed by atoms with Gasteiger partial charge in [-0.1, -0.05) is 26.0 Å². The zero-order valence-electron chi connectivity index (χ0n) is 22.9. The second-order valence-electron chi connectivity index (χ2n) is 8.84. The lowest BCUT2D eigenvalue weighted by molar-refractivity contribution is 0.0948. The van der Waals surface area contributed by atoms with E-state index < -0.39 is 5.82 Å². The van der Waals surface area contributed by atoms with Crippen LogP contribution in [-0.4, -0.2) is 23.6 Å². The topological polar surface area (TPSA) is 96.4 Å². The Bertz CT molecular complexity index is 1370. The number of halogens is 1. The average molecular weight is 542 g/mol. The van der Waals surface area contributed by atoms with Gasteiger partial charge >= 0.3 is 0 Å². The standard InChI is InChI=1S/C26H30FN5O3S.C2H6/c1-14-9-12-20(18(27)13-14)30-24-22(25(33)29-17-10-11-17)23(16(3)26(34)32(24)5)35-21-8-6-7-19(15(21)2)31-36-28-4;1-2/h6-9,12-13,17,28,30-31H,10-11H2,1-5H3,(H,29,33);1-2H3. The van der Waals surface area contributed by atoms with Crippen LogP contribution in [0.25, 0.3) is 0 Å². The van der Waals surface area contributed by atoms with Crippen molar-refractivity contribution in [2.75, 3.05) is 17.1 Å². The molecule has 38 heavy (non-hydrogen) atoms. The molecule has 1 aliphatic rings. The number of nitrogens with one attached hydrogen (secondary N) is 4. The molecule has 2 aromatic carbocycles. The maximum Gasteiger partial charge on any atom is 0.259 e. The van der Waals surface area contributed by atoms with E-state index in [0.29, 0.717) is 5.75 Å². The van der Waals surface area contributed by atoms with E-state index in [-0.39, 0.29) is 45.9 Å². The molecule has 0 radical (unpaired) electrons. The summed E-state index contributed by atoms with van der Waals surface area (Å²) in [6.07, 6.45) is 1.77. The minimum atomic E-state index is -0.490. The Hall–Kier alpha value is -3.50. The molecule has 3 aromatic rings. The summed E-state index contributed by atoms with van der Waals surface area (Å²) >= 11 is 1.31. The first-order valence-corrected chi connectivity index (χ1v) is 13.5. The molecule has 0 unspecified atom stereocenters. The van der Waals surface area contributed by atoms with E-state index in [0.717, 1.165) is 29.7 Å². The van der Waals surface area contributed by atoms with Crippen molar-refractivity contribution in [1.29, 1.82) is 0 Å². The predicted octanol–water partition coefficient (Wildman–Crippen LogP) is 6.10. The fourth-order valence-corrected chi connectivity index (χ4v) is 4.22. The van der Waals surface area contributed by atoms with Crippen molar-refractivity contribution in [3.63, 3.8) is 0 Å². The maximum atomic E-state index is 14.8. The van der Waals surface area contributed by atoms with Crippen LogP contribution in [0.3, 0.4) is 0 Å². The summed E-state index contributed by atoms with van der Waals surface area (Å²) in [4.78, 5) is 26.7. The number of carbonyl (C=O) groups excluding carboxylic acids is 1. The summed E-state index contributed by atoms with van der Waals surface area (Å²) in [6, 6.07) is 10.3. The number of benzene rings is 2. The first-order chi connectivity index (χ1) is 18.2. The summed E-state index contributed by atoms with van der Waals surface area (Å²) < 4.78 is 28.5. The van der Waals surface area contributed by atoms with Crippen molar-refractivity contribution >= 4 is 35.2 Å². The smallest absolute Gasteiger partial charge is 0.259 e. The van der Waals surface area contributed by atoms with Gasteiger partial charge in [-0.15, -0.1) is 0 Å². The Labute approximate surface area is 227 Å². The normalized spacial score (nSPS) is 12.3. The van der Waals surface area contributed by atoms with Crippen molar-refractivity contribution < 1.29 is 13.9 Å². The van der Waals surface area contributed by atoms with Gasteiger partial charge in [-0.3, -0.25) is 14.2 Å². The lowest BCUT2D eigenvalue weighted by Gasteiger charge is -2.22. The minimum absolute atomic E-state index is 0.0692. The molecule has 0 saturated heterocycles. The van der Waals surface area contributed by atoms with Gasteiger partial charge in [0.25, 0.3) is 11.5 Å². The number of aryl methyl sites for hydroxylation is 1. The van der Waals surface area contributed by atoms with Gasteiger partial charge in [-0.25, -0.2) is 9.11 Å². The number of anilines is 3. The summed E-state index contributed by atoms with van der Waals surface area (Å²) in [6.45, 7) is 9.29. The number of hydrogen-bond donors (Lipinski definition) is 4. The summed E-state index contributed by atoms with van der Waals surface area (Å²) in [5.41, 5.74) is 2.58. The van der Waals surface area contributed by atoms with Gasteiger partial charge in [0.05, 0.1) is 16.9 Å². The van der Waals surface area contributed by atoms with E-state index >= 15 is 0 Å². The molecular weight excluding hydrogens is 505 g/mol. The van der Waals surface area contributed by atoms with E-state index in [4.69, 9.17) is 4.74 Å². The second kappa shape index (κ2) is 12.8. The van der Waals surface area contributed by atoms with Crippen LogP contribution < -0.4 is 30.4 Å². The molecule has 8 nitrogen and oxygen atoms in total. The molecule has 4 rings (SSSR count). The average Bonchev–Trinajstić information content (AvgIpc) is 3.72. The van der Waals surface area contributed by atoms with Crippen molar-refractivity contribution in [2.45, 2.75) is 53.5 Å². The molecule has 1 amide bonds. The van der Waals surface area contributed by atoms with Gasteiger partial charge in [0.1, 0.15) is 22.9 Å². The van der Waals surface area contributed by atoms with Gasteiger partial charge in [-0.05, 0) is 70.5 Å². The van der Waals surface area contributed by atoms with E-state index in [1.54, 1.807) is 46.1 Å². The van der Waals surface area contributed by atoms with Crippen LogP contribution in [0.5, 0.6) is 11.5 Å². The Morgan fingerprint density at radius 2 is 1.79 bits per heavy atom. The van der Waals surface area contributed by atoms with Crippen LogP contribution in [0.15, 0.2) is 41.2 Å². The molecule has 1 saturated carbocycles. The molecule has 0 bridgehead atoms. The fourth-order valence-electron chi connectivity index (χ4n) is 3.78. The first-order valence-electron chi connectivity index (χ1n) is 12.6. The van der Waals surface area contributed by atoms with Gasteiger partial charge in [0.2, 0.25) is 0 Å². The zero-order valence-corrected chi connectivity index (χ0v) is 23.7. The molecule has 1 heterocycles. The van der Waals surface area contributed by atoms with E-state index in [9.17, 15) is 14.0 Å². The number of ether oxygens (including phenoxy) is 1. The van der Waals surface area contributed by atoms with Crippen molar-refractivity contribution in [3.8, 4) is 11.5 Å². The van der Waals surface area contributed by atoms with Crippen LogP contribution in [0, 0.1) is 26.6 Å². The van der Waals surface area contributed by atoms with Gasteiger partial charge in [-0.2, -0.15) is 0 Å². The highest BCUT2D eigenvalue weighted by atomic mass is 32.2. The molecule has 10 heteroatoms. The largest absolute Gasteiger partial charge is 0.456 e. The first kappa shape index (κ1) is 29.1. The molecule has 1 aliphatic carbocycles. The van der Waals surface area contributed by atoms with Crippen molar-refractivity contribution in [2.24, 2.45) is 7.05 Å². The number of rotatable bonds is 9. The van der Waals surface area contributed by atoms with E-state index in [2.05, 4.69) is 20.1 Å². The lowest BCUT2D eigenvalue weighted by atomic mass is 10.1.